The minimum Gasteiger partial charge on any atom is -0.265 e. The molecule has 3 heteroatoms. The van der Waals surface area contributed by atoms with Crippen LogP contribution in [-0.2, 0) is 0 Å². The third-order valence-electron chi connectivity index (χ3n) is 2.21. The second-order valence-electron chi connectivity index (χ2n) is 3.20. The Bertz CT molecular complexity index is 512. The highest BCUT2D eigenvalue weighted by molar-refractivity contribution is 5.66. The van der Waals surface area contributed by atoms with Crippen molar-refractivity contribution in [2.45, 2.75) is 6.92 Å². The number of aromatic nitrogens is 2. The Hall–Kier alpha value is -2.21. The van der Waals surface area contributed by atoms with Crippen LogP contribution in [0.15, 0.2) is 36.8 Å². The molecule has 0 aliphatic carbocycles. The molecule has 2 aromatic rings. The molecule has 0 saturated carbocycles. The van der Waals surface area contributed by atoms with Crippen molar-refractivity contribution in [3.63, 3.8) is 0 Å². The molecule has 2 rings (SSSR count). The molecule has 0 atom stereocenters. The molecule has 0 bridgehead atoms. The van der Waals surface area contributed by atoms with Crippen LogP contribution in [0.4, 0.5) is 0 Å². The lowest BCUT2D eigenvalue weighted by molar-refractivity contribution is 1.19. The van der Waals surface area contributed by atoms with Crippen LogP contribution in [-0.4, -0.2) is 9.97 Å². The van der Waals surface area contributed by atoms with Crippen LogP contribution in [0.5, 0.6) is 0 Å². The summed E-state index contributed by atoms with van der Waals surface area (Å²) in [5.74, 6) is 0. The third kappa shape index (κ3) is 1.84. The highest BCUT2D eigenvalue weighted by atomic mass is 14.7. The molecule has 0 aromatic carbocycles. The van der Waals surface area contributed by atoms with Gasteiger partial charge in [0.05, 0.1) is 5.56 Å². The van der Waals surface area contributed by atoms with Crippen LogP contribution in [0.3, 0.4) is 0 Å². The fourth-order valence-corrected chi connectivity index (χ4v) is 1.42. The summed E-state index contributed by atoms with van der Waals surface area (Å²) >= 11 is 0. The standard InChI is InChI=1S/C12H9N3/c1-9-12(6-10(7-13)8-15-9)11-2-4-14-5-3-11/h2-6,8H,1H3. The highest BCUT2D eigenvalue weighted by Gasteiger charge is 2.03. The average Bonchev–Trinajstić information content (AvgIpc) is 2.31. The maximum absolute atomic E-state index is 8.80. The first kappa shape index (κ1) is 9.35. The van der Waals surface area contributed by atoms with Crippen molar-refractivity contribution in [3.8, 4) is 17.2 Å². The summed E-state index contributed by atoms with van der Waals surface area (Å²) in [6, 6.07) is 7.75. The molecule has 72 valence electrons. The van der Waals surface area contributed by atoms with Crippen LogP contribution >= 0.6 is 0 Å². The van der Waals surface area contributed by atoms with Crippen molar-refractivity contribution in [3.05, 3.63) is 48.0 Å². The molecule has 2 heterocycles. The summed E-state index contributed by atoms with van der Waals surface area (Å²) in [5, 5.41) is 8.80. The SMILES string of the molecule is Cc1ncc(C#N)cc1-c1ccncc1. The van der Waals surface area contributed by atoms with Crippen LogP contribution in [0.2, 0.25) is 0 Å². The van der Waals surface area contributed by atoms with Gasteiger partial charge in [-0.15, -0.1) is 0 Å². The predicted octanol–water partition coefficient (Wildman–Crippen LogP) is 2.32. The average molecular weight is 195 g/mol. The van der Waals surface area contributed by atoms with Crippen molar-refractivity contribution in [1.82, 2.24) is 9.97 Å². The molecule has 0 radical (unpaired) electrons. The van der Waals surface area contributed by atoms with Crippen LogP contribution in [0, 0.1) is 18.3 Å². The zero-order chi connectivity index (χ0) is 10.7. The van der Waals surface area contributed by atoms with Gasteiger partial charge in [0.1, 0.15) is 6.07 Å². The Labute approximate surface area is 88.1 Å². The van der Waals surface area contributed by atoms with Crippen LogP contribution < -0.4 is 0 Å². The number of nitriles is 1. The first-order chi connectivity index (χ1) is 7.31. The predicted molar refractivity (Wildman–Crippen MR) is 56.9 cm³/mol. The maximum Gasteiger partial charge on any atom is 0.101 e. The van der Waals surface area contributed by atoms with Crippen LogP contribution in [0.1, 0.15) is 11.3 Å². The first-order valence-corrected chi connectivity index (χ1v) is 4.58. The van der Waals surface area contributed by atoms with Crippen molar-refractivity contribution < 1.29 is 0 Å². The summed E-state index contributed by atoms with van der Waals surface area (Å²) in [4.78, 5) is 8.14. The van der Waals surface area contributed by atoms with Gasteiger partial charge in [0.2, 0.25) is 0 Å². The molecular formula is C12H9N3. The van der Waals surface area contributed by atoms with Gasteiger partial charge < -0.3 is 0 Å². The largest absolute Gasteiger partial charge is 0.265 e. The molecule has 15 heavy (non-hydrogen) atoms. The highest BCUT2D eigenvalue weighted by Crippen LogP contribution is 2.21. The second kappa shape index (κ2) is 3.89. The van der Waals surface area contributed by atoms with E-state index >= 15 is 0 Å². The topological polar surface area (TPSA) is 49.6 Å². The molecule has 2 aromatic heterocycles. The van der Waals surface area contributed by atoms with E-state index in [4.69, 9.17) is 5.26 Å². The normalized spacial score (nSPS) is 9.60. The van der Waals surface area contributed by atoms with Crippen molar-refractivity contribution in [2.24, 2.45) is 0 Å². The van der Waals surface area contributed by atoms with Gasteiger partial charge in [-0.3, -0.25) is 9.97 Å². The molecule has 3 nitrogen and oxygen atoms in total. The minimum atomic E-state index is 0.576. The van der Waals surface area contributed by atoms with E-state index in [-0.39, 0.29) is 0 Å². The molecule has 0 saturated heterocycles. The van der Waals surface area contributed by atoms with Gasteiger partial charge >= 0.3 is 0 Å². The molecule has 0 unspecified atom stereocenters. The molecule has 0 spiro atoms. The lowest BCUT2D eigenvalue weighted by Gasteiger charge is -2.04. The summed E-state index contributed by atoms with van der Waals surface area (Å²) in [7, 11) is 0. The number of hydrogen-bond donors (Lipinski definition) is 0. The van der Waals surface area contributed by atoms with Gasteiger partial charge in [0.15, 0.2) is 0 Å². The molecular weight excluding hydrogens is 186 g/mol. The lowest BCUT2D eigenvalue weighted by atomic mass is 10.0. The van der Waals surface area contributed by atoms with E-state index < -0.39 is 0 Å². The van der Waals surface area contributed by atoms with E-state index in [1.807, 2.05) is 25.1 Å². The number of aryl methyl sites for hydroxylation is 1. The number of pyridine rings is 2. The van der Waals surface area contributed by atoms with Gasteiger partial charge in [-0.25, -0.2) is 0 Å². The lowest BCUT2D eigenvalue weighted by Crippen LogP contribution is -1.89. The zero-order valence-corrected chi connectivity index (χ0v) is 8.31. The van der Waals surface area contributed by atoms with Crippen molar-refractivity contribution >= 4 is 0 Å². The van der Waals surface area contributed by atoms with Gasteiger partial charge in [0.25, 0.3) is 0 Å². The van der Waals surface area contributed by atoms with E-state index in [2.05, 4.69) is 16.0 Å². The molecule has 0 amide bonds. The zero-order valence-electron chi connectivity index (χ0n) is 8.31. The van der Waals surface area contributed by atoms with E-state index in [1.54, 1.807) is 18.6 Å². The second-order valence-corrected chi connectivity index (χ2v) is 3.20. The minimum absolute atomic E-state index is 0.576. The third-order valence-corrected chi connectivity index (χ3v) is 2.21. The Morgan fingerprint density at radius 1 is 1.27 bits per heavy atom. The van der Waals surface area contributed by atoms with Gasteiger partial charge in [0, 0.05) is 29.8 Å². The fraction of sp³-hybridized carbons (Fsp3) is 0.0833. The summed E-state index contributed by atoms with van der Waals surface area (Å²) < 4.78 is 0. The van der Waals surface area contributed by atoms with E-state index in [1.165, 1.54) is 0 Å². The van der Waals surface area contributed by atoms with Gasteiger partial charge in [-0.1, -0.05) is 0 Å². The first-order valence-electron chi connectivity index (χ1n) is 4.58. The Morgan fingerprint density at radius 2 is 2.00 bits per heavy atom. The number of nitrogens with zero attached hydrogens (tertiary/aromatic N) is 3. The molecule has 0 fully saturated rings. The summed E-state index contributed by atoms with van der Waals surface area (Å²) in [6.45, 7) is 1.93. The van der Waals surface area contributed by atoms with E-state index in [0.717, 1.165) is 16.8 Å². The van der Waals surface area contributed by atoms with Crippen molar-refractivity contribution in [1.29, 1.82) is 5.26 Å². The van der Waals surface area contributed by atoms with E-state index in [9.17, 15) is 0 Å². The van der Waals surface area contributed by atoms with Gasteiger partial charge in [-0.2, -0.15) is 5.26 Å². The Morgan fingerprint density at radius 3 is 2.67 bits per heavy atom. The quantitative estimate of drug-likeness (QED) is 0.701. The smallest absolute Gasteiger partial charge is 0.101 e. The Balaban J connectivity index is 2.58. The van der Waals surface area contributed by atoms with Crippen molar-refractivity contribution in [2.75, 3.05) is 0 Å². The number of hydrogen-bond acceptors (Lipinski definition) is 3. The molecule has 0 aliphatic heterocycles. The number of rotatable bonds is 1. The molecule has 0 N–H and O–H groups in total. The van der Waals surface area contributed by atoms with Crippen LogP contribution in [0.25, 0.3) is 11.1 Å². The Kier molecular flexibility index (Phi) is 2.42. The monoisotopic (exact) mass is 195 g/mol. The summed E-state index contributed by atoms with van der Waals surface area (Å²) in [5.41, 5.74) is 3.51. The summed E-state index contributed by atoms with van der Waals surface area (Å²) in [6.07, 6.45) is 5.04. The maximum atomic E-state index is 8.80. The van der Waals surface area contributed by atoms with Gasteiger partial charge in [-0.05, 0) is 30.7 Å². The fourth-order valence-electron chi connectivity index (χ4n) is 1.42. The molecule has 0 aliphatic rings. The van der Waals surface area contributed by atoms with E-state index in [0.29, 0.717) is 5.56 Å².